The van der Waals surface area contributed by atoms with Gasteiger partial charge in [0.15, 0.2) is 0 Å². The number of hydrogen-bond acceptors (Lipinski definition) is 1. The van der Waals surface area contributed by atoms with Crippen LogP contribution in [0.4, 0.5) is 4.39 Å². The second-order valence-corrected chi connectivity index (χ2v) is 4.96. The predicted octanol–water partition coefficient (Wildman–Crippen LogP) is 3.00. The van der Waals surface area contributed by atoms with Crippen molar-refractivity contribution in [2.45, 2.75) is 57.7 Å². The van der Waals surface area contributed by atoms with E-state index in [1.165, 1.54) is 32.1 Å². The highest BCUT2D eigenvalue weighted by molar-refractivity contribution is 4.84. The Morgan fingerprint density at radius 2 is 1.86 bits per heavy atom. The molecule has 0 N–H and O–H groups in total. The normalized spacial score (nSPS) is 40.3. The summed E-state index contributed by atoms with van der Waals surface area (Å²) in [7, 11) is 0. The summed E-state index contributed by atoms with van der Waals surface area (Å²) in [4.78, 5) is 2.39. The Morgan fingerprint density at radius 3 is 2.36 bits per heavy atom. The van der Waals surface area contributed by atoms with Gasteiger partial charge in [-0.2, -0.15) is 0 Å². The minimum absolute atomic E-state index is 0.543. The largest absolute Gasteiger partial charge is 0.297 e. The quantitative estimate of drug-likeness (QED) is 0.661. The van der Waals surface area contributed by atoms with E-state index in [0.29, 0.717) is 12.6 Å². The Morgan fingerprint density at radius 1 is 1.14 bits per heavy atom. The summed E-state index contributed by atoms with van der Waals surface area (Å²) in [6.45, 7) is 4.00. The Hall–Kier alpha value is -0.110. The molecule has 14 heavy (non-hydrogen) atoms. The lowest BCUT2D eigenvalue weighted by Crippen LogP contribution is -2.36. The molecule has 0 aromatic rings. The number of likely N-dealkylation sites (tertiary alicyclic amines) is 1. The van der Waals surface area contributed by atoms with Crippen LogP contribution in [0.3, 0.4) is 0 Å². The maximum atomic E-state index is 13.0. The molecule has 0 bridgehead atoms. The van der Waals surface area contributed by atoms with Crippen molar-refractivity contribution in [3.05, 3.63) is 0 Å². The zero-order valence-corrected chi connectivity index (χ0v) is 9.21. The Kier molecular flexibility index (Phi) is 3.42. The van der Waals surface area contributed by atoms with Crippen molar-refractivity contribution >= 4 is 0 Å². The van der Waals surface area contributed by atoms with Gasteiger partial charge in [0.2, 0.25) is 0 Å². The van der Waals surface area contributed by atoms with Gasteiger partial charge in [-0.1, -0.05) is 13.3 Å². The number of rotatable bonds is 2. The molecule has 82 valence electrons. The van der Waals surface area contributed by atoms with Crippen molar-refractivity contribution < 1.29 is 4.39 Å². The first-order chi connectivity index (χ1) is 6.79. The standard InChI is InChI=1S/C12H22FN/c1-2-10-3-5-12(6-4-10)14-8-7-11(13)9-14/h10-12H,2-9H2,1H3/t10?,11-,12?/m1/s1. The van der Waals surface area contributed by atoms with Crippen LogP contribution in [0.25, 0.3) is 0 Å². The molecule has 2 aliphatic rings. The monoisotopic (exact) mass is 199 g/mol. The van der Waals surface area contributed by atoms with Gasteiger partial charge in [-0.25, -0.2) is 4.39 Å². The van der Waals surface area contributed by atoms with Gasteiger partial charge in [-0.15, -0.1) is 0 Å². The maximum Gasteiger partial charge on any atom is 0.114 e. The van der Waals surface area contributed by atoms with Crippen LogP contribution in [0, 0.1) is 5.92 Å². The Bertz CT molecular complexity index is 175. The molecule has 2 heteroatoms. The van der Waals surface area contributed by atoms with Crippen LogP contribution in [0.15, 0.2) is 0 Å². The van der Waals surface area contributed by atoms with Gasteiger partial charge in [0.1, 0.15) is 6.17 Å². The first kappa shape index (κ1) is 10.4. The summed E-state index contributed by atoms with van der Waals surface area (Å²) >= 11 is 0. The highest BCUT2D eigenvalue weighted by atomic mass is 19.1. The topological polar surface area (TPSA) is 3.24 Å². The van der Waals surface area contributed by atoms with E-state index in [1.54, 1.807) is 0 Å². The van der Waals surface area contributed by atoms with Crippen LogP contribution in [-0.4, -0.2) is 30.2 Å². The molecule has 1 heterocycles. The van der Waals surface area contributed by atoms with Crippen molar-refractivity contribution in [2.75, 3.05) is 13.1 Å². The highest BCUT2D eigenvalue weighted by Gasteiger charge is 2.30. The van der Waals surface area contributed by atoms with Crippen LogP contribution in [0.2, 0.25) is 0 Å². The fourth-order valence-electron chi connectivity index (χ4n) is 2.99. The molecule has 0 spiro atoms. The molecular formula is C12H22FN. The molecule has 1 nitrogen and oxygen atoms in total. The third-order valence-electron chi connectivity index (χ3n) is 4.07. The van der Waals surface area contributed by atoms with Crippen LogP contribution in [0.1, 0.15) is 45.4 Å². The van der Waals surface area contributed by atoms with Gasteiger partial charge in [-0.3, -0.25) is 4.90 Å². The average molecular weight is 199 g/mol. The third kappa shape index (κ3) is 2.28. The highest BCUT2D eigenvalue weighted by Crippen LogP contribution is 2.31. The molecule has 1 aliphatic heterocycles. The molecule has 0 unspecified atom stereocenters. The van der Waals surface area contributed by atoms with Gasteiger partial charge in [0.25, 0.3) is 0 Å². The van der Waals surface area contributed by atoms with E-state index in [0.717, 1.165) is 18.9 Å². The number of alkyl halides is 1. The molecule has 1 saturated carbocycles. The summed E-state index contributed by atoms with van der Waals surface area (Å²) in [5.41, 5.74) is 0. The summed E-state index contributed by atoms with van der Waals surface area (Å²) in [6, 6.07) is 0.707. The van der Waals surface area contributed by atoms with Gasteiger partial charge < -0.3 is 0 Å². The molecule has 2 rings (SSSR count). The minimum atomic E-state index is -0.543. The molecule has 0 aromatic carbocycles. The van der Waals surface area contributed by atoms with Crippen molar-refractivity contribution in [3.63, 3.8) is 0 Å². The summed E-state index contributed by atoms with van der Waals surface area (Å²) < 4.78 is 13.0. The molecule has 1 atom stereocenters. The first-order valence-electron chi connectivity index (χ1n) is 6.17. The maximum absolute atomic E-state index is 13.0. The zero-order valence-electron chi connectivity index (χ0n) is 9.21. The van der Waals surface area contributed by atoms with Crippen molar-refractivity contribution in [2.24, 2.45) is 5.92 Å². The summed E-state index contributed by atoms with van der Waals surface area (Å²) in [6.07, 6.45) is 6.92. The van der Waals surface area contributed by atoms with E-state index in [-0.39, 0.29) is 0 Å². The smallest absolute Gasteiger partial charge is 0.114 e. The predicted molar refractivity (Wildman–Crippen MR) is 57.1 cm³/mol. The van der Waals surface area contributed by atoms with Gasteiger partial charge in [-0.05, 0) is 38.0 Å². The van der Waals surface area contributed by atoms with E-state index in [2.05, 4.69) is 11.8 Å². The fraction of sp³-hybridized carbons (Fsp3) is 1.00. The lowest BCUT2D eigenvalue weighted by Gasteiger charge is -2.34. The molecule has 0 aromatic heterocycles. The molecule has 0 radical (unpaired) electrons. The second-order valence-electron chi connectivity index (χ2n) is 4.96. The lowest BCUT2D eigenvalue weighted by molar-refractivity contribution is 0.153. The minimum Gasteiger partial charge on any atom is -0.297 e. The Balaban J connectivity index is 1.78. The Labute approximate surface area is 86.7 Å². The molecular weight excluding hydrogens is 177 g/mol. The van der Waals surface area contributed by atoms with E-state index < -0.39 is 6.17 Å². The van der Waals surface area contributed by atoms with E-state index in [1.807, 2.05) is 0 Å². The molecule has 1 saturated heterocycles. The van der Waals surface area contributed by atoms with Crippen LogP contribution in [0.5, 0.6) is 0 Å². The van der Waals surface area contributed by atoms with Crippen LogP contribution < -0.4 is 0 Å². The number of halogens is 1. The third-order valence-corrected chi connectivity index (χ3v) is 4.07. The van der Waals surface area contributed by atoms with Crippen LogP contribution in [-0.2, 0) is 0 Å². The van der Waals surface area contributed by atoms with Gasteiger partial charge in [0.05, 0.1) is 0 Å². The first-order valence-corrected chi connectivity index (χ1v) is 6.17. The van der Waals surface area contributed by atoms with Gasteiger partial charge in [0, 0.05) is 19.1 Å². The summed E-state index contributed by atoms with van der Waals surface area (Å²) in [5.74, 6) is 0.954. The second kappa shape index (κ2) is 4.61. The van der Waals surface area contributed by atoms with E-state index in [4.69, 9.17) is 0 Å². The molecule has 2 fully saturated rings. The van der Waals surface area contributed by atoms with E-state index in [9.17, 15) is 4.39 Å². The lowest BCUT2D eigenvalue weighted by atomic mass is 9.84. The number of hydrogen-bond donors (Lipinski definition) is 0. The number of nitrogens with zero attached hydrogens (tertiary/aromatic N) is 1. The van der Waals surface area contributed by atoms with Crippen molar-refractivity contribution in [3.8, 4) is 0 Å². The van der Waals surface area contributed by atoms with Gasteiger partial charge >= 0.3 is 0 Å². The fourth-order valence-corrected chi connectivity index (χ4v) is 2.99. The van der Waals surface area contributed by atoms with Crippen molar-refractivity contribution in [1.82, 2.24) is 4.90 Å². The SMILES string of the molecule is CCC1CCC(N2CC[C@@H](F)C2)CC1. The summed E-state index contributed by atoms with van der Waals surface area (Å²) in [5, 5.41) is 0. The molecule has 1 aliphatic carbocycles. The van der Waals surface area contributed by atoms with E-state index >= 15 is 0 Å². The zero-order chi connectivity index (χ0) is 9.97. The van der Waals surface area contributed by atoms with Crippen molar-refractivity contribution in [1.29, 1.82) is 0 Å². The van der Waals surface area contributed by atoms with Crippen LogP contribution >= 0.6 is 0 Å². The molecule has 0 amide bonds. The average Bonchev–Trinajstić information content (AvgIpc) is 2.65.